The average Bonchev–Trinajstić information content (AvgIpc) is 4.03. The topological polar surface area (TPSA) is 157 Å². The molecule has 1 aliphatic heterocycles. The molecule has 1 fully saturated rings. The first-order valence-corrected chi connectivity index (χ1v) is 25.6. The van der Waals surface area contributed by atoms with Crippen LogP contribution in [-0.2, 0) is 30.1 Å². The maximum absolute atomic E-state index is 13.7. The molecule has 5 aromatic rings. The fourth-order valence-corrected chi connectivity index (χ4v) is 8.50. The lowest BCUT2D eigenvalue weighted by Gasteiger charge is -2.38. The number of halogens is 3. The van der Waals surface area contributed by atoms with Crippen LogP contribution in [0.1, 0.15) is 102 Å². The summed E-state index contributed by atoms with van der Waals surface area (Å²) in [6.45, 7) is 15.1. The van der Waals surface area contributed by atoms with Crippen molar-refractivity contribution in [3.63, 3.8) is 0 Å². The van der Waals surface area contributed by atoms with Gasteiger partial charge in [0.25, 0.3) is 11.8 Å². The smallest absolute Gasteiger partial charge is 0.417 e. The summed E-state index contributed by atoms with van der Waals surface area (Å²) in [6, 6.07) is 28.5. The summed E-state index contributed by atoms with van der Waals surface area (Å²) in [6.07, 6.45) is 0.743. The van der Waals surface area contributed by atoms with Crippen molar-refractivity contribution in [2.24, 2.45) is 5.41 Å². The molecule has 0 bridgehead atoms. The van der Waals surface area contributed by atoms with Crippen LogP contribution in [0.4, 0.5) is 24.5 Å². The van der Waals surface area contributed by atoms with E-state index in [1.54, 1.807) is 42.1 Å². The third-order valence-electron chi connectivity index (χ3n) is 12.3. The summed E-state index contributed by atoms with van der Waals surface area (Å²) in [5.74, 6) is -0.123. The van der Waals surface area contributed by atoms with Crippen LogP contribution < -0.4 is 25.3 Å². The SMILES string of the molecule is CC(C)(C)CC=O.CN(c1ccc(-c2ccc(OCCCCOCC(=O)NN3CCCC3C=O)cc2)cc1)C(C)(C)C(=O)N(C=S)c1ccc(C#N)c(C(F)(F)F)c1.CNC(C)c1ccc(-c2scnc2C)cc1. The van der Waals surface area contributed by atoms with Crippen molar-refractivity contribution in [1.29, 1.82) is 5.26 Å². The minimum Gasteiger partial charge on any atom is -0.494 e. The van der Waals surface area contributed by atoms with Gasteiger partial charge in [0.15, 0.2) is 0 Å². The number of carbonyl (C=O) groups excluding carboxylic acids is 4. The Hall–Kier alpha value is -6.36. The first-order valence-electron chi connectivity index (χ1n) is 24.3. The standard InChI is InChI=1S/C37H40F3N5O5S.C13H16N2S.C6H12O/c1-36(2,35(48)44(25-51)30-15-10-28(22-41)33(21-30)37(38,39)40)43(3)29-13-8-26(9-14-29)27-11-16-32(17-12-27)50-20-5-4-19-49-24-34(47)42-45-18-6-7-31(45)23-46;1-9(14-3)11-4-6-12(7-5-11)13-10(2)15-8-16-13;1-6(2,3)4-5-7/h8-17,21,23,25,31H,4-7,18-20,24H2,1-3H3,(H,42,47);4-9,14H,1-3H3;5H,4H2,1-3H3. The van der Waals surface area contributed by atoms with E-state index in [0.717, 1.165) is 71.2 Å². The maximum atomic E-state index is 13.7. The summed E-state index contributed by atoms with van der Waals surface area (Å²) in [7, 11) is 3.69. The van der Waals surface area contributed by atoms with Gasteiger partial charge in [-0.2, -0.15) is 18.4 Å². The van der Waals surface area contributed by atoms with E-state index in [0.29, 0.717) is 50.1 Å². The number of benzene rings is 4. The van der Waals surface area contributed by atoms with Crippen LogP contribution in [0.2, 0.25) is 0 Å². The summed E-state index contributed by atoms with van der Waals surface area (Å²) < 4.78 is 52.1. The van der Waals surface area contributed by atoms with E-state index in [-0.39, 0.29) is 29.7 Å². The van der Waals surface area contributed by atoms with Gasteiger partial charge in [0.05, 0.1) is 51.4 Å². The average molecular weight is 1060 g/mol. The summed E-state index contributed by atoms with van der Waals surface area (Å²) >= 11 is 6.74. The van der Waals surface area contributed by atoms with Crippen LogP contribution in [0.3, 0.4) is 0 Å². The Morgan fingerprint density at radius 1 is 0.932 bits per heavy atom. The van der Waals surface area contributed by atoms with E-state index in [1.165, 1.54) is 28.1 Å². The number of aromatic nitrogens is 1. The second kappa shape index (κ2) is 28.3. The van der Waals surface area contributed by atoms with Crippen molar-refractivity contribution in [2.45, 2.75) is 104 Å². The number of hydrogen-bond donors (Lipinski definition) is 2. The van der Waals surface area contributed by atoms with Crippen molar-refractivity contribution in [3.8, 4) is 33.4 Å². The molecule has 13 nitrogen and oxygen atoms in total. The van der Waals surface area contributed by atoms with E-state index in [1.807, 2.05) is 81.9 Å². The van der Waals surface area contributed by atoms with Crippen molar-refractivity contribution >= 4 is 64.8 Å². The number of rotatable bonds is 20. The predicted octanol–water partition coefficient (Wildman–Crippen LogP) is 11.3. The van der Waals surface area contributed by atoms with Gasteiger partial charge in [-0.1, -0.05) is 81.5 Å². The van der Waals surface area contributed by atoms with E-state index < -0.39 is 28.7 Å². The highest BCUT2D eigenvalue weighted by molar-refractivity contribution is 7.79. The molecule has 6 rings (SSSR count). The largest absolute Gasteiger partial charge is 0.494 e. The Morgan fingerprint density at radius 3 is 2.07 bits per heavy atom. The van der Waals surface area contributed by atoms with E-state index in [2.05, 4.69) is 53.8 Å². The van der Waals surface area contributed by atoms with Gasteiger partial charge in [-0.05, 0) is 131 Å². The normalized spacial score (nSPS) is 14.0. The summed E-state index contributed by atoms with van der Waals surface area (Å²) in [5.41, 5.74) is 9.02. The highest BCUT2D eigenvalue weighted by Crippen LogP contribution is 2.36. The van der Waals surface area contributed by atoms with Gasteiger partial charge in [0, 0.05) is 44.0 Å². The number of aryl methyl sites for hydroxylation is 1. The van der Waals surface area contributed by atoms with Crippen LogP contribution >= 0.6 is 23.6 Å². The Labute approximate surface area is 443 Å². The number of carbonyl (C=O) groups is 4. The lowest BCUT2D eigenvalue weighted by atomic mass is 9.93. The zero-order valence-electron chi connectivity index (χ0n) is 43.6. The van der Waals surface area contributed by atoms with E-state index in [4.69, 9.17) is 27.0 Å². The molecule has 396 valence electrons. The molecule has 1 aliphatic rings. The van der Waals surface area contributed by atoms with Gasteiger partial charge in [-0.25, -0.2) is 9.99 Å². The zero-order valence-corrected chi connectivity index (χ0v) is 45.3. The number of hydrazine groups is 1. The quantitative estimate of drug-likeness (QED) is 0.0433. The number of nitriles is 1. The van der Waals surface area contributed by atoms with Crippen molar-refractivity contribution in [2.75, 3.05) is 50.3 Å². The first kappa shape index (κ1) is 60.2. The molecule has 2 heterocycles. The number of nitrogens with zero attached hydrogens (tertiary/aromatic N) is 5. The minimum absolute atomic E-state index is 0.0706. The molecular formula is C56H68F3N7O6S2. The van der Waals surface area contributed by atoms with Crippen molar-refractivity contribution in [1.82, 2.24) is 20.7 Å². The fraction of sp³-hybridized carbons (Fsp3) is 0.411. The van der Waals surface area contributed by atoms with E-state index >= 15 is 0 Å². The molecule has 2 unspecified atom stereocenters. The molecule has 0 spiro atoms. The molecule has 0 radical (unpaired) electrons. The number of amides is 2. The van der Waals surface area contributed by atoms with Crippen molar-refractivity contribution < 1.29 is 41.8 Å². The maximum Gasteiger partial charge on any atom is 0.417 e. The number of anilines is 2. The molecule has 18 heteroatoms. The van der Waals surface area contributed by atoms with Gasteiger partial charge < -0.3 is 29.3 Å². The lowest BCUT2D eigenvalue weighted by molar-refractivity contribution is -0.138. The molecule has 1 aromatic heterocycles. The molecule has 0 aliphatic carbocycles. The number of thiocarbonyl (C=S) groups is 1. The number of nitrogens with one attached hydrogen (secondary N) is 2. The van der Waals surface area contributed by atoms with Crippen LogP contribution in [-0.4, -0.2) is 91.9 Å². The molecule has 2 N–H and O–H groups in total. The lowest BCUT2D eigenvalue weighted by Crippen LogP contribution is -2.55. The van der Waals surface area contributed by atoms with Gasteiger partial charge in [-0.3, -0.25) is 19.9 Å². The molecule has 74 heavy (non-hydrogen) atoms. The number of alkyl halides is 3. The predicted molar refractivity (Wildman–Crippen MR) is 291 cm³/mol. The molecule has 2 amide bonds. The van der Waals surface area contributed by atoms with E-state index in [9.17, 15) is 32.3 Å². The third kappa shape index (κ3) is 17.7. The van der Waals surface area contributed by atoms with Gasteiger partial charge >= 0.3 is 6.18 Å². The molecule has 0 saturated carbocycles. The first-order chi connectivity index (χ1) is 35.1. The Morgan fingerprint density at radius 2 is 1.54 bits per heavy atom. The number of likely N-dealkylation sites (N-methyl/N-ethyl adjacent to an activating group) is 1. The molecular weight excluding hydrogens is 988 g/mol. The monoisotopic (exact) mass is 1060 g/mol. The second-order valence-corrected chi connectivity index (χ2v) is 20.4. The molecule has 4 aromatic carbocycles. The molecule has 2 atom stereocenters. The number of thiazole rings is 1. The Balaban J connectivity index is 0.000000420. The fourth-order valence-electron chi connectivity index (χ4n) is 7.47. The summed E-state index contributed by atoms with van der Waals surface area (Å²) in [5, 5.41) is 14.0. The van der Waals surface area contributed by atoms with Gasteiger partial charge in [0.1, 0.15) is 30.5 Å². The number of unbranched alkanes of at least 4 members (excludes halogenated alkanes) is 1. The van der Waals surface area contributed by atoms with Crippen LogP contribution in [0, 0.1) is 23.7 Å². The van der Waals surface area contributed by atoms with Crippen molar-refractivity contribution in [3.05, 3.63) is 119 Å². The van der Waals surface area contributed by atoms with Crippen LogP contribution in [0.25, 0.3) is 21.6 Å². The number of aldehydes is 2. The summed E-state index contributed by atoms with van der Waals surface area (Å²) in [4.78, 5) is 54.8. The Kier molecular flexibility index (Phi) is 23.1. The third-order valence-corrected chi connectivity index (χ3v) is 13.5. The molecule has 1 saturated heterocycles. The van der Waals surface area contributed by atoms with Gasteiger partial charge in [-0.15, -0.1) is 11.3 Å². The highest BCUT2D eigenvalue weighted by Gasteiger charge is 2.39. The van der Waals surface area contributed by atoms with Crippen LogP contribution in [0.15, 0.2) is 96.5 Å². The second-order valence-electron chi connectivity index (χ2n) is 19.3. The van der Waals surface area contributed by atoms with Gasteiger partial charge in [0.2, 0.25) is 0 Å². The zero-order chi connectivity index (χ0) is 54.6. The van der Waals surface area contributed by atoms with Crippen LogP contribution in [0.5, 0.6) is 5.75 Å². The highest BCUT2D eigenvalue weighted by atomic mass is 32.1. The number of hydrogen-bond acceptors (Lipinski definition) is 13. The number of ether oxygens (including phenoxy) is 2. The minimum atomic E-state index is -4.78. The Bertz CT molecular complexity index is 2650.